The molecular weight excluding hydrogens is 524 g/mol. The van der Waals surface area contributed by atoms with Crippen LogP contribution in [0.15, 0.2) is 47.6 Å². The zero-order valence-corrected chi connectivity index (χ0v) is 19.1. The first kappa shape index (κ1) is 26.5. The summed E-state index contributed by atoms with van der Waals surface area (Å²) in [4.78, 5) is 21.9. The van der Waals surface area contributed by atoms with Crippen LogP contribution in [0.2, 0.25) is 10.0 Å². The molecule has 0 aliphatic carbocycles. The summed E-state index contributed by atoms with van der Waals surface area (Å²) in [5.74, 6) is -1.48. The SMILES string of the molecule is CCON=CNC(=O)c1ccc(C2=CC(c3cc(Cl)cc(Cl)c3)(C(F)(F)F)ON2)cc1OC(F)F. The summed E-state index contributed by atoms with van der Waals surface area (Å²) in [6.07, 6.45) is -3.38. The first-order chi connectivity index (χ1) is 16.5. The lowest BCUT2D eigenvalue weighted by Crippen LogP contribution is -2.42. The molecule has 1 heterocycles. The van der Waals surface area contributed by atoms with Crippen molar-refractivity contribution in [3.8, 4) is 5.75 Å². The fraction of sp³-hybridized carbons (Fsp3) is 0.238. The van der Waals surface area contributed by atoms with E-state index in [0.717, 1.165) is 30.6 Å². The Hall–Kier alpha value is -3.09. The third-order valence-corrected chi connectivity index (χ3v) is 5.02. The van der Waals surface area contributed by atoms with Gasteiger partial charge in [-0.05, 0) is 43.3 Å². The normalized spacial score (nSPS) is 17.9. The Morgan fingerprint density at radius 3 is 2.51 bits per heavy atom. The first-order valence-corrected chi connectivity index (χ1v) is 10.5. The van der Waals surface area contributed by atoms with Crippen molar-refractivity contribution in [1.82, 2.24) is 10.8 Å². The predicted molar refractivity (Wildman–Crippen MR) is 117 cm³/mol. The molecule has 7 nitrogen and oxygen atoms in total. The van der Waals surface area contributed by atoms with Crippen LogP contribution in [0, 0.1) is 0 Å². The molecule has 14 heteroatoms. The van der Waals surface area contributed by atoms with Gasteiger partial charge < -0.3 is 14.9 Å². The van der Waals surface area contributed by atoms with Crippen LogP contribution < -0.4 is 15.5 Å². The van der Waals surface area contributed by atoms with Gasteiger partial charge in [0.05, 0.1) is 11.3 Å². The van der Waals surface area contributed by atoms with Gasteiger partial charge in [0.2, 0.25) is 5.60 Å². The lowest BCUT2D eigenvalue weighted by atomic mass is 9.91. The summed E-state index contributed by atoms with van der Waals surface area (Å²) in [5.41, 5.74) is -1.86. The molecule has 0 radical (unpaired) electrons. The van der Waals surface area contributed by atoms with Crippen molar-refractivity contribution in [2.45, 2.75) is 25.3 Å². The Kier molecular flexibility index (Phi) is 8.08. The maximum Gasteiger partial charge on any atom is 0.428 e. The second kappa shape index (κ2) is 10.7. The standard InChI is InChI=1S/C21H16Cl2F5N3O4/c1-2-33-30-10-29-18(32)15-4-3-11(5-17(15)34-19(24)25)16-9-20(35-31-16,21(26,27)28)12-6-13(22)8-14(23)7-12/h3-10,19,31H,2H2,1H3,(H,29,30,32). The highest BCUT2D eigenvalue weighted by Gasteiger charge is 2.59. The van der Waals surface area contributed by atoms with Crippen LogP contribution in [-0.4, -0.2) is 31.6 Å². The lowest BCUT2D eigenvalue weighted by Gasteiger charge is -2.28. The van der Waals surface area contributed by atoms with Gasteiger partial charge >= 0.3 is 12.8 Å². The summed E-state index contributed by atoms with van der Waals surface area (Å²) >= 11 is 11.7. The van der Waals surface area contributed by atoms with Crippen LogP contribution >= 0.6 is 23.2 Å². The van der Waals surface area contributed by atoms with Gasteiger partial charge in [0.25, 0.3) is 5.91 Å². The van der Waals surface area contributed by atoms with E-state index in [2.05, 4.69) is 25.5 Å². The molecule has 0 fully saturated rings. The third-order valence-electron chi connectivity index (χ3n) is 4.59. The fourth-order valence-electron chi connectivity index (χ4n) is 3.10. The second-order valence-corrected chi connectivity index (χ2v) is 7.74. The molecule has 0 saturated heterocycles. The van der Waals surface area contributed by atoms with E-state index in [-0.39, 0.29) is 33.5 Å². The Labute approximate surface area is 205 Å². The molecule has 3 rings (SSSR count). The molecule has 2 aromatic rings. The van der Waals surface area contributed by atoms with Crippen LogP contribution in [0.4, 0.5) is 22.0 Å². The van der Waals surface area contributed by atoms with Crippen molar-refractivity contribution in [3.05, 3.63) is 69.2 Å². The molecule has 35 heavy (non-hydrogen) atoms. The van der Waals surface area contributed by atoms with Crippen LogP contribution in [0.25, 0.3) is 5.70 Å². The quantitative estimate of drug-likeness (QED) is 0.196. The number of alkyl halides is 5. The highest BCUT2D eigenvalue weighted by atomic mass is 35.5. The molecule has 0 aromatic heterocycles. The number of halogens is 7. The number of nitrogens with zero attached hydrogens (tertiary/aromatic N) is 1. The van der Waals surface area contributed by atoms with Gasteiger partial charge in [-0.15, -0.1) is 0 Å². The first-order valence-electron chi connectivity index (χ1n) is 9.71. The monoisotopic (exact) mass is 539 g/mol. The number of carbonyl (C=O) groups is 1. The molecule has 1 aliphatic heterocycles. The van der Waals surface area contributed by atoms with Gasteiger partial charge in [0, 0.05) is 21.2 Å². The van der Waals surface area contributed by atoms with Crippen LogP contribution in [-0.2, 0) is 15.3 Å². The molecule has 1 unspecified atom stereocenters. The van der Waals surface area contributed by atoms with E-state index in [1.165, 1.54) is 12.1 Å². The Morgan fingerprint density at radius 1 is 1.23 bits per heavy atom. The molecule has 1 atom stereocenters. The number of hydrogen-bond donors (Lipinski definition) is 2. The molecule has 0 bridgehead atoms. The molecule has 2 N–H and O–H groups in total. The van der Waals surface area contributed by atoms with Gasteiger partial charge in [-0.1, -0.05) is 34.4 Å². The number of hydrogen-bond acceptors (Lipinski definition) is 6. The van der Waals surface area contributed by atoms with Crippen LogP contribution in [0.1, 0.15) is 28.4 Å². The topological polar surface area (TPSA) is 81.2 Å². The summed E-state index contributed by atoms with van der Waals surface area (Å²) in [5, 5.41) is 5.48. The summed E-state index contributed by atoms with van der Waals surface area (Å²) in [6, 6.07) is 6.58. The molecular formula is C21H16Cl2F5N3O4. The van der Waals surface area contributed by atoms with Crippen molar-refractivity contribution in [2.75, 3.05) is 6.61 Å². The average Bonchev–Trinajstić information content (AvgIpc) is 3.23. The van der Waals surface area contributed by atoms with Crippen molar-refractivity contribution >= 4 is 41.1 Å². The number of carbonyl (C=O) groups excluding carboxylic acids is 1. The number of nitrogens with one attached hydrogen (secondary N) is 2. The number of amides is 1. The summed E-state index contributed by atoms with van der Waals surface area (Å²) < 4.78 is 72.8. The van der Waals surface area contributed by atoms with E-state index >= 15 is 0 Å². The minimum absolute atomic E-state index is 0.0422. The number of rotatable bonds is 8. The van der Waals surface area contributed by atoms with E-state index in [1.54, 1.807) is 6.92 Å². The number of benzene rings is 2. The largest absolute Gasteiger partial charge is 0.434 e. The van der Waals surface area contributed by atoms with Crippen molar-refractivity contribution < 1.29 is 41.2 Å². The van der Waals surface area contributed by atoms with Gasteiger partial charge in [0.15, 0.2) is 0 Å². The van der Waals surface area contributed by atoms with Crippen LogP contribution in [0.3, 0.4) is 0 Å². The molecule has 1 amide bonds. The van der Waals surface area contributed by atoms with E-state index in [9.17, 15) is 26.7 Å². The number of hydroxylamine groups is 1. The van der Waals surface area contributed by atoms with Crippen molar-refractivity contribution in [1.29, 1.82) is 0 Å². The average molecular weight is 540 g/mol. The van der Waals surface area contributed by atoms with E-state index in [0.29, 0.717) is 6.08 Å². The zero-order chi connectivity index (χ0) is 25.8. The molecule has 1 aliphatic rings. The molecule has 0 spiro atoms. The van der Waals surface area contributed by atoms with E-state index in [1.807, 2.05) is 0 Å². The minimum Gasteiger partial charge on any atom is -0.434 e. The Morgan fingerprint density at radius 2 is 1.91 bits per heavy atom. The number of ether oxygens (including phenoxy) is 1. The van der Waals surface area contributed by atoms with Crippen LogP contribution in [0.5, 0.6) is 5.75 Å². The maximum absolute atomic E-state index is 14.2. The smallest absolute Gasteiger partial charge is 0.428 e. The molecule has 0 saturated carbocycles. The van der Waals surface area contributed by atoms with E-state index < -0.39 is 35.6 Å². The second-order valence-electron chi connectivity index (χ2n) is 6.87. The van der Waals surface area contributed by atoms with E-state index in [4.69, 9.17) is 28.0 Å². The fourth-order valence-corrected chi connectivity index (χ4v) is 3.63. The predicted octanol–water partition coefficient (Wildman–Crippen LogP) is 5.64. The Bertz CT molecular complexity index is 1140. The molecule has 188 valence electrons. The minimum atomic E-state index is -4.97. The summed E-state index contributed by atoms with van der Waals surface area (Å²) in [7, 11) is 0. The summed E-state index contributed by atoms with van der Waals surface area (Å²) in [6.45, 7) is -1.44. The van der Waals surface area contributed by atoms with Gasteiger partial charge in [0.1, 0.15) is 18.7 Å². The molecule has 2 aromatic carbocycles. The third kappa shape index (κ3) is 5.95. The highest BCUT2D eigenvalue weighted by molar-refractivity contribution is 6.34. The highest BCUT2D eigenvalue weighted by Crippen LogP contribution is 2.48. The number of oxime groups is 1. The van der Waals surface area contributed by atoms with Gasteiger partial charge in [-0.25, -0.2) is 0 Å². The Balaban J connectivity index is 2.03. The zero-order valence-electron chi connectivity index (χ0n) is 17.6. The maximum atomic E-state index is 14.2. The van der Waals surface area contributed by atoms with Crippen molar-refractivity contribution in [3.63, 3.8) is 0 Å². The van der Waals surface area contributed by atoms with Gasteiger partial charge in [-0.2, -0.15) is 22.0 Å². The van der Waals surface area contributed by atoms with Gasteiger partial charge in [-0.3, -0.25) is 15.1 Å². The lowest BCUT2D eigenvalue weighted by molar-refractivity contribution is -0.269. The van der Waals surface area contributed by atoms with Crippen molar-refractivity contribution in [2.24, 2.45) is 5.16 Å².